The predicted octanol–water partition coefficient (Wildman–Crippen LogP) is 5.52. The van der Waals surface area contributed by atoms with E-state index in [9.17, 15) is 19.2 Å². The van der Waals surface area contributed by atoms with Gasteiger partial charge in [0.05, 0.1) is 10.3 Å². The molecule has 2 aromatic rings. The first-order valence-electron chi connectivity index (χ1n) is 12.8. The van der Waals surface area contributed by atoms with Crippen LogP contribution in [0.3, 0.4) is 0 Å². The van der Waals surface area contributed by atoms with Gasteiger partial charge in [-0.15, -0.1) is 0 Å². The van der Waals surface area contributed by atoms with Crippen molar-refractivity contribution in [3.8, 4) is 0 Å². The number of Topliss-reactive ketones (excluding diaryl/α,β-unsaturated/α-hetero) is 1. The number of rotatable bonds is 9. The van der Waals surface area contributed by atoms with E-state index in [-0.39, 0.29) is 12.8 Å². The number of carboxylic acid groups (broad SMARTS) is 1. The predicted molar refractivity (Wildman–Crippen MR) is 158 cm³/mol. The number of nitrogens with one attached hydrogen (secondary N) is 3. The SMILES string of the molecule is CC(C)(C)OC(=O)N[C@@H](Cc1ccc(Cl)cc1)C(=O)C=[N+]=N.CC(C)(C)OC(=O)N[C@@H](Cc1ccc(Cl)cc1)C(=O)O. The zero-order valence-electron chi connectivity index (χ0n) is 24.4. The van der Waals surface area contributed by atoms with Crippen LogP contribution >= 0.6 is 23.2 Å². The number of alkyl carbamates (subject to hydrolysis) is 2. The Morgan fingerprint density at radius 3 is 1.48 bits per heavy atom. The van der Waals surface area contributed by atoms with Gasteiger partial charge in [-0.2, -0.15) is 0 Å². The van der Waals surface area contributed by atoms with Crippen molar-refractivity contribution in [3.05, 3.63) is 69.7 Å². The molecule has 2 amide bonds. The molecule has 0 bridgehead atoms. The number of hydrogen-bond donors (Lipinski definition) is 4. The molecule has 2 aromatic carbocycles. The fourth-order valence-electron chi connectivity index (χ4n) is 3.19. The molecule has 42 heavy (non-hydrogen) atoms. The largest absolute Gasteiger partial charge is 0.480 e. The lowest BCUT2D eigenvalue weighted by atomic mass is 10.0. The van der Waals surface area contributed by atoms with E-state index in [0.717, 1.165) is 17.3 Å². The maximum atomic E-state index is 11.9. The lowest BCUT2D eigenvalue weighted by Crippen LogP contribution is -2.45. The van der Waals surface area contributed by atoms with E-state index >= 15 is 0 Å². The van der Waals surface area contributed by atoms with E-state index in [4.69, 9.17) is 43.3 Å². The number of amides is 2. The molecule has 0 spiro atoms. The number of aliphatic carboxylic acids is 1. The number of ketones is 1. The highest BCUT2D eigenvalue weighted by molar-refractivity contribution is 6.31. The lowest BCUT2D eigenvalue weighted by Gasteiger charge is -2.22. The van der Waals surface area contributed by atoms with Gasteiger partial charge in [-0.25, -0.2) is 14.4 Å². The number of halogens is 2. The van der Waals surface area contributed by atoms with Gasteiger partial charge < -0.3 is 25.2 Å². The van der Waals surface area contributed by atoms with Crippen molar-refractivity contribution in [3.63, 3.8) is 0 Å². The van der Waals surface area contributed by atoms with Gasteiger partial charge in [0, 0.05) is 22.9 Å². The summed E-state index contributed by atoms with van der Waals surface area (Å²) in [5.41, 5.74) is 6.99. The second-order valence-corrected chi connectivity index (χ2v) is 11.9. The van der Waals surface area contributed by atoms with E-state index in [1.165, 1.54) is 0 Å². The van der Waals surface area contributed by atoms with Gasteiger partial charge in [0.25, 0.3) is 5.78 Å². The number of carboxylic acids is 1. The van der Waals surface area contributed by atoms with Crippen molar-refractivity contribution >= 4 is 53.4 Å². The number of ether oxygens (including phenoxy) is 2. The van der Waals surface area contributed by atoms with Crippen LogP contribution in [0.25, 0.3) is 0 Å². The summed E-state index contributed by atoms with van der Waals surface area (Å²) in [6.45, 7) is 10.3. The van der Waals surface area contributed by atoms with Crippen LogP contribution in [0.15, 0.2) is 48.5 Å². The third kappa shape index (κ3) is 15.8. The molecule has 13 heteroatoms. The Hall–Kier alpha value is -3.92. The Morgan fingerprint density at radius 1 is 0.786 bits per heavy atom. The maximum absolute atomic E-state index is 11.9. The minimum atomic E-state index is -1.12. The molecular formula is C29H37Cl2N4O7+. The smallest absolute Gasteiger partial charge is 0.408 e. The summed E-state index contributed by atoms with van der Waals surface area (Å²) in [6.07, 6.45) is -0.178. The van der Waals surface area contributed by atoms with Crippen LogP contribution in [0.2, 0.25) is 10.0 Å². The monoisotopic (exact) mass is 623 g/mol. The summed E-state index contributed by atoms with van der Waals surface area (Å²) in [7, 11) is 0. The molecule has 0 fully saturated rings. The fourth-order valence-corrected chi connectivity index (χ4v) is 3.44. The van der Waals surface area contributed by atoms with Crippen LogP contribution in [0.5, 0.6) is 0 Å². The summed E-state index contributed by atoms with van der Waals surface area (Å²) in [6, 6.07) is 11.8. The van der Waals surface area contributed by atoms with Crippen molar-refractivity contribution in [1.29, 1.82) is 5.53 Å². The molecule has 0 saturated heterocycles. The van der Waals surface area contributed by atoms with Crippen LogP contribution in [0.1, 0.15) is 52.7 Å². The first-order chi connectivity index (χ1) is 19.4. The Balaban J connectivity index is 0.000000422. The second-order valence-electron chi connectivity index (χ2n) is 11.1. The number of carbonyl (C=O) groups excluding carboxylic acids is 3. The third-order valence-corrected chi connectivity index (χ3v) is 5.43. The maximum Gasteiger partial charge on any atom is 0.408 e. The summed E-state index contributed by atoms with van der Waals surface area (Å²) in [4.78, 5) is 49.5. The molecule has 0 aliphatic heterocycles. The Labute approximate surface area is 255 Å². The normalized spacial score (nSPS) is 12.3. The quantitative estimate of drug-likeness (QED) is 0.162. The fraction of sp³-hybridized carbons (Fsp3) is 0.414. The van der Waals surface area contributed by atoms with E-state index in [2.05, 4.69) is 15.4 Å². The molecule has 4 N–H and O–H groups in total. The van der Waals surface area contributed by atoms with Crippen molar-refractivity contribution in [2.75, 3.05) is 0 Å². The highest BCUT2D eigenvalue weighted by Gasteiger charge is 2.26. The van der Waals surface area contributed by atoms with E-state index < -0.39 is 47.2 Å². The van der Waals surface area contributed by atoms with E-state index in [1.54, 1.807) is 90.1 Å². The highest BCUT2D eigenvalue weighted by atomic mass is 35.5. The summed E-state index contributed by atoms with van der Waals surface area (Å²) >= 11 is 11.6. The van der Waals surface area contributed by atoms with Crippen molar-refractivity contribution in [1.82, 2.24) is 10.6 Å². The average molecular weight is 625 g/mol. The minimum Gasteiger partial charge on any atom is -0.480 e. The van der Waals surface area contributed by atoms with Crippen molar-refractivity contribution < 1.29 is 38.5 Å². The zero-order chi connectivity index (χ0) is 32.1. The van der Waals surface area contributed by atoms with Gasteiger partial charge in [0.15, 0.2) is 0 Å². The molecule has 2 atom stereocenters. The van der Waals surface area contributed by atoms with Gasteiger partial charge in [0.1, 0.15) is 23.3 Å². The average Bonchev–Trinajstić information content (AvgIpc) is 2.84. The van der Waals surface area contributed by atoms with Crippen LogP contribution < -0.4 is 10.6 Å². The lowest BCUT2D eigenvalue weighted by molar-refractivity contribution is -0.139. The molecule has 0 heterocycles. The minimum absolute atomic E-state index is 0.158. The molecule has 0 aromatic heterocycles. The number of benzene rings is 2. The molecule has 11 nitrogen and oxygen atoms in total. The second kappa shape index (κ2) is 16.5. The van der Waals surface area contributed by atoms with Crippen LogP contribution in [-0.2, 0) is 31.9 Å². The molecule has 0 aliphatic rings. The Kier molecular flexibility index (Phi) is 14.2. The van der Waals surface area contributed by atoms with E-state index in [0.29, 0.717) is 10.0 Å². The number of carbonyl (C=O) groups is 4. The van der Waals surface area contributed by atoms with Crippen LogP contribution in [0.4, 0.5) is 9.59 Å². The van der Waals surface area contributed by atoms with Gasteiger partial charge in [-0.05, 0) is 76.9 Å². The van der Waals surface area contributed by atoms with Gasteiger partial charge >= 0.3 is 24.4 Å². The molecule has 0 aliphatic carbocycles. The van der Waals surface area contributed by atoms with E-state index in [1.807, 2.05) is 0 Å². The summed E-state index contributed by atoms with van der Waals surface area (Å²) in [5, 5.41) is 15.1. The molecule has 228 valence electrons. The molecule has 2 rings (SSSR count). The standard InChI is InChI=1S/C15H18ClN3O3.C14H18ClNO4/c1-15(2,3)22-14(21)19-12(13(20)9-18-17)8-10-4-6-11(16)7-5-10;1-14(2,3)20-13(19)16-11(12(17)18)8-9-4-6-10(15)7-5-9/h4-7,9,12,17H,8H2,1-3H3;4-7,11H,8H2,1-3H3,(H,16,19)(H,17,18)/p+1/t12-;11-/m00/s1. The van der Waals surface area contributed by atoms with Gasteiger partial charge in [-0.1, -0.05) is 47.5 Å². The Bertz CT molecular complexity index is 1260. The van der Waals surface area contributed by atoms with Crippen LogP contribution in [-0.4, -0.2) is 63.3 Å². The summed E-state index contributed by atoms with van der Waals surface area (Å²) < 4.78 is 10.2. The first-order valence-corrected chi connectivity index (χ1v) is 13.6. The molecular weight excluding hydrogens is 587 g/mol. The van der Waals surface area contributed by atoms with Crippen molar-refractivity contribution in [2.45, 2.75) is 77.7 Å². The number of nitrogens with zero attached hydrogens (tertiary/aromatic N) is 1. The number of hydrogen-bond acceptors (Lipinski definition) is 7. The van der Waals surface area contributed by atoms with Crippen LogP contribution in [0, 0.1) is 5.53 Å². The zero-order valence-corrected chi connectivity index (χ0v) is 25.9. The molecule has 0 unspecified atom stereocenters. The van der Waals surface area contributed by atoms with Crippen molar-refractivity contribution in [2.24, 2.45) is 0 Å². The Morgan fingerprint density at radius 2 is 1.14 bits per heavy atom. The third-order valence-electron chi connectivity index (χ3n) is 4.92. The first kappa shape index (κ1) is 36.1. The van der Waals surface area contributed by atoms with Gasteiger partial charge in [-0.3, -0.25) is 4.79 Å². The summed E-state index contributed by atoms with van der Waals surface area (Å²) in [5.74, 6) is -1.60. The highest BCUT2D eigenvalue weighted by Crippen LogP contribution is 2.14. The molecule has 0 saturated carbocycles. The van der Waals surface area contributed by atoms with Gasteiger partial charge in [0.2, 0.25) is 0 Å². The topological polar surface area (TPSA) is 169 Å². The molecule has 0 radical (unpaired) electrons.